The zero-order valence-electron chi connectivity index (χ0n) is 14.3. The van der Waals surface area contributed by atoms with Gasteiger partial charge >= 0.3 is 0 Å². The normalized spacial score (nSPS) is 10.7. The predicted octanol–water partition coefficient (Wildman–Crippen LogP) is 2.62. The monoisotopic (exact) mass is 386 g/mol. The van der Waals surface area contributed by atoms with Crippen LogP contribution in [0.25, 0.3) is 10.8 Å². The maximum atomic E-state index is 12.5. The van der Waals surface area contributed by atoms with Crippen molar-refractivity contribution in [1.82, 2.24) is 14.7 Å². The molecule has 3 rings (SSSR count). The van der Waals surface area contributed by atoms with E-state index in [0.29, 0.717) is 21.4 Å². The molecule has 0 bridgehead atoms. The third-order valence-corrected chi connectivity index (χ3v) is 4.49. The van der Waals surface area contributed by atoms with Crippen LogP contribution in [-0.4, -0.2) is 32.6 Å². The summed E-state index contributed by atoms with van der Waals surface area (Å²) in [6, 6.07) is 11.0. The van der Waals surface area contributed by atoms with E-state index in [9.17, 15) is 19.7 Å². The first-order valence-electron chi connectivity index (χ1n) is 7.98. The minimum Gasteiger partial charge on any atom is -0.340 e. The van der Waals surface area contributed by atoms with Crippen molar-refractivity contribution in [2.24, 2.45) is 0 Å². The third-order valence-electron chi connectivity index (χ3n) is 4.12. The number of amides is 1. The molecule has 1 heterocycles. The number of carbonyl (C=O) groups excluding carboxylic acids is 1. The number of non-ortho nitro benzene ring substituents is 1. The van der Waals surface area contributed by atoms with Crippen molar-refractivity contribution < 1.29 is 9.72 Å². The van der Waals surface area contributed by atoms with E-state index in [1.165, 1.54) is 36.3 Å². The standard InChI is InChI=1S/C18H15ClN4O4/c1-21(10-13-8-14(23(26)27)6-7-16(13)19)17(24)11-22-18(25)15-5-3-2-4-12(15)9-20-22/h2-9H,10-11H2,1H3. The molecule has 0 aliphatic heterocycles. The van der Waals surface area contributed by atoms with Crippen LogP contribution in [0, 0.1) is 10.1 Å². The molecule has 0 aliphatic carbocycles. The van der Waals surface area contributed by atoms with E-state index in [0.717, 1.165) is 4.68 Å². The zero-order chi connectivity index (χ0) is 19.6. The fourth-order valence-corrected chi connectivity index (χ4v) is 2.81. The predicted molar refractivity (Wildman–Crippen MR) is 101 cm³/mol. The summed E-state index contributed by atoms with van der Waals surface area (Å²) in [6.45, 7) is -0.172. The lowest BCUT2D eigenvalue weighted by atomic mass is 10.2. The lowest BCUT2D eigenvalue weighted by molar-refractivity contribution is -0.384. The SMILES string of the molecule is CN(Cc1cc([N+](=O)[O-])ccc1Cl)C(=O)Cn1ncc2ccccc2c1=O. The smallest absolute Gasteiger partial charge is 0.275 e. The van der Waals surface area contributed by atoms with Gasteiger partial charge in [-0.05, 0) is 17.7 Å². The Bertz CT molecular complexity index is 1100. The molecule has 0 radical (unpaired) electrons. The summed E-state index contributed by atoms with van der Waals surface area (Å²) in [7, 11) is 1.53. The molecule has 0 fully saturated rings. The third kappa shape index (κ3) is 3.95. The lowest BCUT2D eigenvalue weighted by Crippen LogP contribution is -2.34. The number of hydrogen-bond donors (Lipinski definition) is 0. The average Bonchev–Trinajstić information content (AvgIpc) is 2.65. The number of aromatic nitrogens is 2. The summed E-state index contributed by atoms with van der Waals surface area (Å²) in [5, 5.41) is 16.4. The number of nitrogens with zero attached hydrogens (tertiary/aromatic N) is 4. The number of likely N-dealkylation sites (N-methyl/N-ethyl adjacent to an activating group) is 1. The van der Waals surface area contributed by atoms with Crippen LogP contribution in [0.1, 0.15) is 5.56 Å². The van der Waals surface area contributed by atoms with Crippen molar-refractivity contribution in [3.8, 4) is 0 Å². The zero-order valence-corrected chi connectivity index (χ0v) is 15.1. The van der Waals surface area contributed by atoms with Gasteiger partial charge in [0.2, 0.25) is 5.91 Å². The van der Waals surface area contributed by atoms with Gasteiger partial charge in [-0.3, -0.25) is 19.7 Å². The van der Waals surface area contributed by atoms with Gasteiger partial charge in [-0.2, -0.15) is 5.10 Å². The molecule has 0 saturated carbocycles. The lowest BCUT2D eigenvalue weighted by Gasteiger charge is -2.18. The summed E-state index contributed by atoms with van der Waals surface area (Å²) in [5.74, 6) is -0.373. The van der Waals surface area contributed by atoms with Crippen molar-refractivity contribution in [2.45, 2.75) is 13.1 Å². The van der Waals surface area contributed by atoms with Crippen LogP contribution in [0.15, 0.2) is 53.5 Å². The number of carbonyl (C=O) groups is 1. The van der Waals surface area contributed by atoms with Crippen LogP contribution in [0.2, 0.25) is 5.02 Å². The van der Waals surface area contributed by atoms with Crippen LogP contribution in [0.4, 0.5) is 5.69 Å². The van der Waals surface area contributed by atoms with Crippen LogP contribution in [-0.2, 0) is 17.9 Å². The Morgan fingerprint density at radius 2 is 2.04 bits per heavy atom. The van der Waals surface area contributed by atoms with Crippen LogP contribution >= 0.6 is 11.6 Å². The Labute approximate surface area is 158 Å². The van der Waals surface area contributed by atoms with Crippen molar-refractivity contribution in [2.75, 3.05) is 7.05 Å². The molecular weight excluding hydrogens is 372 g/mol. The number of fused-ring (bicyclic) bond motifs is 1. The number of nitro benzene ring substituents is 1. The highest BCUT2D eigenvalue weighted by Crippen LogP contribution is 2.23. The van der Waals surface area contributed by atoms with Gasteiger partial charge in [0.15, 0.2) is 0 Å². The highest BCUT2D eigenvalue weighted by atomic mass is 35.5. The first kappa shape index (κ1) is 18.5. The first-order valence-corrected chi connectivity index (χ1v) is 8.36. The van der Waals surface area contributed by atoms with Gasteiger partial charge in [0.25, 0.3) is 11.2 Å². The molecule has 1 aromatic heterocycles. The molecule has 0 unspecified atom stereocenters. The summed E-state index contributed by atoms with van der Waals surface area (Å²) < 4.78 is 1.09. The Morgan fingerprint density at radius 3 is 2.78 bits per heavy atom. The Hall–Kier alpha value is -3.26. The van der Waals surface area contributed by atoms with E-state index in [1.807, 2.05) is 0 Å². The molecule has 0 saturated heterocycles. The second kappa shape index (κ2) is 7.55. The van der Waals surface area contributed by atoms with E-state index in [1.54, 1.807) is 24.3 Å². The number of hydrogen-bond acceptors (Lipinski definition) is 5. The topological polar surface area (TPSA) is 98.3 Å². The highest BCUT2D eigenvalue weighted by molar-refractivity contribution is 6.31. The van der Waals surface area contributed by atoms with E-state index < -0.39 is 4.92 Å². The Morgan fingerprint density at radius 1 is 1.30 bits per heavy atom. The first-order chi connectivity index (χ1) is 12.9. The molecule has 27 heavy (non-hydrogen) atoms. The van der Waals surface area contributed by atoms with Crippen molar-refractivity contribution in [3.05, 3.63) is 79.7 Å². The molecule has 138 valence electrons. The van der Waals surface area contributed by atoms with E-state index in [-0.39, 0.29) is 30.2 Å². The van der Waals surface area contributed by atoms with Crippen LogP contribution < -0.4 is 5.56 Å². The van der Waals surface area contributed by atoms with E-state index in [4.69, 9.17) is 11.6 Å². The van der Waals surface area contributed by atoms with Gasteiger partial charge in [0.1, 0.15) is 6.54 Å². The molecule has 3 aromatic rings. The maximum absolute atomic E-state index is 12.5. The Balaban J connectivity index is 1.79. The van der Waals surface area contributed by atoms with Crippen LogP contribution in [0.5, 0.6) is 0 Å². The molecule has 0 N–H and O–H groups in total. The number of halogens is 1. The van der Waals surface area contributed by atoms with E-state index in [2.05, 4.69) is 5.10 Å². The summed E-state index contributed by atoms with van der Waals surface area (Å²) >= 11 is 6.07. The average molecular weight is 387 g/mol. The van der Waals surface area contributed by atoms with E-state index >= 15 is 0 Å². The Kier molecular flexibility index (Phi) is 5.18. The molecule has 0 spiro atoms. The van der Waals surface area contributed by atoms with Gasteiger partial charge in [-0.1, -0.05) is 29.8 Å². The van der Waals surface area contributed by atoms with Crippen molar-refractivity contribution in [1.29, 1.82) is 0 Å². The molecule has 1 amide bonds. The number of nitro groups is 1. The second-order valence-corrected chi connectivity index (χ2v) is 6.38. The van der Waals surface area contributed by atoms with Crippen LogP contribution in [0.3, 0.4) is 0 Å². The summed E-state index contributed by atoms with van der Waals surface area (Å²) in [6.07, 6.45) is 1.53. The molecular formula is C18H15ClN4O4. The molecule has 0 atom stereocenters. The fraction of sp³-hybridized carbons (Fsp3) is 0.167. The molecule has 8 nitrogen and oxygen atoms in total. The number of rotatable bonds is 5. The molecule has 9 heteroatoms. The minimum atomic E-state index is -0.528. The summed E-state index contributed by atoms with van der Waals surface area (Å²) in [5.41, 5.74) is -0.0218. The van der Waals surface area contributed by atoms with Gasteiger partial charge in [0, 0.05) is 36.1 Å². The second-order valence-electron chi connectivity index (χ2n) is 5.98. The molecule has 0 aliphatic rings. The van der Waals surface area contributed by atoms with Gasteiger partial charge in [0.05, 0.1) is 16.5 Å². The van der Waals surface area contributed by atoms with Crippen molar-refractivity contribution >= 4 is 34.0 Å². The number of benzene rings is 2. The minimum absolute atomic E-state index is 0.0711. The fourth-order valence-electron chi connectivity index (χ4n) is 2.63. The summed E-state index contributed by atoms with van der Waals surface area (Å²) in [4.78, 5) is 36.7. The van der Waals surface area contributed by atoms with Gasteiger partial charge in [-0.15, -0.1) is 0 Å². The molecule has 2 aromatic carbocycles. The quantitative estimate of drug-likeness (QED) is 0.495. The maximum Gasteiger partial charge on any atom is 0.275 e. The largest absolute Gasteiger partial charge is 0.340 e. The van der Waals surface area contributed by atoms with Gasteiger partial charge in [-0.25, -0.2) is 4.68 Å². The van der Waals surface area contributed by atoms with Gasteiger partial charge < -0.3 is 4.90 Å². The van der Waals surface area contributed by atoms with Crippen molar-refractivity contribution in [3.63, 3.8) is 0 Å². The highest BCUT2D eigenvalue weighted by Gasteiger charge is 2.16.